The Bertz CT molecular complexity index is 623. The molecule has 0 aliphatic carbocycles. The van der Waals surface area contributed by atoms with Crippen LogP contribution in [0.3, 0.4) is 0 Å². The van der Waals surface area contributed by atoms with E-state index in [1.54, 1.807) is 12.1 Å². The van der Waals surface area contributed by atoms with Gasteiger partial charge in [0.1, 0.15) is 5.76 Å². The first-order valence-electron chi connectivity index (χ1n) is 6.16. The Morgan fingerprint density at radius 2 is 2.00 bits per heavy atom. The molecule has 0 saturated carbocycles. The first kappa shape index (κ1) is 14.9. The van der Waals surface area contributed by atoms with Crippen LogP contribution in [0.2, 0.25) is 5.02 Å². The van der Waals surface area contributed by atoms with E-state index in [9.17, 15) is 4.79 Å². The SMILES string of the molecule is CC(=O)N(c1c(C)ccc(Cl)c1C)C(Cl)c1ccco1. The molecule has 0 bridgehead atoms. The van der Waals surface area contributed by atoms with Crippen LogP contribution in [-0.4, -0.2) is 5.91 Å². The molecule has 1 unspecified atom stereocenters. The Balaban J connectivity index is 2.55. The van der Waals surface area contributed by atoms with E-state index in [-0.39, 0.29) is 5.91 Å². The lowest BCUT2D eigenvalue weighted by molar-refractivity contribution is -0.116. The molecular weight excluding hydrogens is 297 g/mol. The van der Waals surface area contributed by atoms with Gasteiger partial charge in [-0.25, -0.2) is 0 Å². The number of rotatable bonds is 3. The van der Waals surface area contributed by atoms with Crippen LogP contribution in [0.5, 0.6) is 0 Å². The lowest BCUT2D eigenvalue weighted by Gasteiger charge is -2.28. The van der Waals surface area contributed by atoms with Crippen molar-refractivity contribution in [1.29, 1.82) is 0 Å². The molecule has 0 saturated heterocycles. The van der Waals surface area contributed by atoms with E-state index in [1.165, 1.54) is 18.1 Å². The van der Waals surface area contributed by atoms with Gasteiger partial charge in [0.15, 0.2) is 5.50 Å². The van der Waals surface area contributed by atoms with Gasteiger partial charge >= 0.3 is 0 Å². The summed E-state index contributed by atoms with van der Waals surface area (Å²) < 4.78 is 5.30. The number of amides is 1. The predicted octanol–water partition coefficient (Wildman–Crippen LogP) is 4.84. The van der Waals surface area contributed by atoms with E-state index in [1.807, 2.05) is 26.0 Å². The molecule has 1 aromatic carbocycles. The van der Waals surface area contributed by atoms with E-state index in [0.29, 0.717) is 10.8 Å². The third-order valence-electron chi connectivity index (χ3n) is 3.15. The summed E-state index contributed by atoms with van der Waals surface area (Å²) in [6.07, 6.45) is 1.53. The molecule has 1 atom stereocenters. The summed E-state index contributed by atoms with van der Waals surface area (Å²) in [6, 6.07) is 7.15. The normalized spacial score (nSPS) is 12.2. The molecule has 1 amide bonds. The predicted molar refractivity (Wildman–Crippen MR) is 81.4 cm³/mol. The quantitative estimate of drug-likeness (QED) is 0.600. The smallest absolute Gasteiger partial charge is 0.225 e. The highest BCUT2D eigenvalue weighted by Crippen LogP contribution is 2.37. The summed E-state index contributed by atoms with van der Waals surface area (Å²) >= 11 is 12.6. The van der Waals surface area contributed by atoms with Crippen LogP contribution in [0.4, 0.5) is 5.69 Å². The molecule has 5 heteroatoms. The van der Waals surface area contributed by atoms with Crippen molar-refractivity contribution in [1.82, 2.24) is 0 Å². The third-order valence-corrected chi connectivity index (χ3v) is 3.97. The molecule has 1 heterocycles. The van der Waals surface area contributed by atoms with Gasteiger partial charge in [-0.05, 0) is 43.2 Å². The van der Waals surface area contributed by atoms with Gasteiger partial charge in [-0.3, -0.25) is 9.69 Å². The Hall–Kier alpha value is -1.45. The number of hydrogen-bond donors (Lipinski definition) is 0. The van der Waals surface area contributed by atoms with Gasteiger partial charge in [0.05, 0.1) is 12.0 Å². The van der Waals surface area contributed by atoms with Gasteiger partial charge in [0, 0.05) is 11.9 Å². The maximum absolute atomic E-state index is 12.1. The van der Waals surface area contributed by atoms with E-state index >= 15 is 0 Å². The summed E-state index contributed by atoms with van der Waals surface area (Å²) in [5, 5.41) is 0.597. The minimum Gasteiger partial charge on any atom is -0.466 e. The summed E-state index contributed by atoms with van der Waals surface area (Å²) in [6.45, 7) is 5.25. The van der Waals surface area contributed by atoms with Crippen LogP contribution >= 0.6 is 23.2 Å². The maximum atomic E-state index is 12.1. The molecule has 106 valence electrons. The minimum atomic E-state index is -0.710. The molecule has 0 spiro atoms. The zero-order valence-electron chi connectivity index (χ0n) is 11.5. The van der Waals surface area contributed by atoms with Crippen molar-refractivity contribution in [2.45, 2.75) is 26.3 Å². The minimum absolute atomic E-state index is 0.171. The van der Waals surface area contributed by atoms with Gasteiger partial charge in [0.2, 0.25) is 5.91 Å². The summed E-state index contributed by atoms with van der Waals surface area (Å²) in [5.74, 6) is 0.343. The van der Waals surface area contributed by atoms with Crippen molar-refractivity contribution in [3.8, 4) is 0 Å². The molecular formula is C15H15Cl2NO2. The van der Waals surface area contributed by atoms with Crippen molar-refractivity contribution in [3.63, 3.8) is 0 Å². The highest BCUT2D eigenvalue weighted by atomic mass is 35.5. The molecule has 0 aliphatic rings. The first-order chi connectivity index (χ1) is 9.43. The lowest BCUT2D eigenvalue weighted by Crippen LogP contribution is -2.31. The van der Waals surface area contributed by atoms with E-state index < -0.39 is 5.50 Å². The largest absolute Gasteiger partial charge is 0.466 e. The Kier molecular flexibility index (Phi) is 4.41. The standard InChI is InChI=1S/C15H15Cl2NO2/c1-9-6-7-12(16)10(2)14(9)18(11(3)19)15(17)13-5-4-8-20-13/h4-8,15H,1-3H3. The monoisotopic (exact) mass is 311 g/mol. The summed E-state index contributed by atoms with van der Waals surface area (Å²) in [4.78, 5) is 13.6. The molecule has 0 fully saturated rings. The van der Waals surface area contributed by atoms with Gasteiger partial charge in [0.25, 0.3) is 0 Å². The highest BCUT2D eigenvalue weighted by molar-refractivity contribution is 6.32. The second-order valence-electron chi connectivity index (χ2n) is 4.58. The van der Waals surface area contributed by atoms with Crippen LogP contribution in [0.15, 0.2) is 34.9 Å². The second-order valence-corrected chi connectivity index (χ2v) is 5.40. The van der Waals surface area contributed by atoms with Crippen molar-refractivity contribution in [2.75, 3.05) is 4.90 Å². The van der Waals surface area contributed by atoms with E-state index in [2.05, 4.69) is 0 Å². The number of carbonyl (C=O) groups excluding carboxylic acids is 1. The zero-order chi connectivity index (χ0) is 14.9. The van der Waals surface area contributed by atoms with E-state index in [0.717, 1.165) is 16.8 Å². The van der Waals surface area contributed by atoms with Crippen molar-refractivity contribution >= 4 is 34.8 Å². The fourth-order valence-electron chi connectivity index (χ4n) is 2.17. The molecule has 1 aromatic heterocycles. The molecule has 20 heavy (non-hydrogen) atoms. The average Bonchev–Trinajstić information content (AvgIpc) is 2.92. The van der Waals surface area contributed by atoms with Crippen LogP contribution in [0.25, 0.3) is 0 Å². The third kappa shape index (κ3) is 2.69. The van der Waals surface area contributed by atoms with Gasteiger partial charge in [-0.1, -0.05) is 29.3 Å². The number of carbonyl (C=O) groups is 1. The number of hydrogen-bond acceptors (Lipinski definition) is 2. The van der Waals surface area contributed by atoms with Crippen LogP contribution < -0.4 is 4.90 Å². The number of aryl methyl sites for hydroxylation is 1. The molecule has 0 N–H and O–H groups in total. The second kappa shape index (κ2) is 5.90. The van der Waals surface area contributed by atoms with Crippen molar-refractivity contribution < 1.29 is 9.21 Å². The lowest BCUT2D eigenvalue weighted by atomic mass is 10.1. The summed E-state index contributed by atoms with van der Waals surface area (Å²) in [5.41, 5.74) is 1.76. The number of benzene rings is 1. The first-order valence-corrected chi connectivity index (χ1v) is 6.98. The number of halogens is 2. The molecule has 3 nitrogen and oxygen atoms in total. The zero-order valence-corrected chi connectivity index (χ0v) is 13.0. The van der Waals surface area contributed by atoms with Gasteiger partial charge in [-0.2, -0.15) is 0 Å². The maximum Gasteiger partial charge on any atom is 0.225 e. The van der Waals surface area contributed by atoms with Gasteiger partial charge < -0.3 is 4.42 Å². The number of anilines is 1. The van der Waals surface area contributed by atoms with Crippen molar-refractivity contribution in [3.05, 3.63) is 52.4 Å². The van der Waals surface area contributed by atoms with E-state index in [4.69, 9.17) is 27.6 Å². The highest BCUT2D eigenvalue weighted by Gasteiger charge is 2.27. The van der Waals surface area contributed by atoms with Crippen LogP contribution in [0.1, 0.15) is 29.3 Å². The number of alkyl halides is 1. The molecule has 2 rings (SSSR count). The van der Waals surface area contributed by atoms with Crippen molar-refractivity contribution in [2.24, 2.45) is 0 Å². The molecule has 0 radical (unpaired) electrons. The van der Waals surface area contributed by atoms with Crippen LogP contribution in [0, 0.1) is 13.8 Å². The Morgan fingerprint density at radius 3 is 2.55 bits per heavy atom. The average molecular weight is 312 g/mol. The topological polar surface area (TPSA) is 33.5 Å². The van der Waals surface area contributed by atoms with Gasteiger partial charge in [-0.15, -0.1) is 0 Å². The number of nitrogens with zero attached hydrogens (tertiary/aromatic N) is 1. The Labute approximate surface area is 128 Å². The number of furan rings is 1. The summed E-state index contributed by atoms with van der Waals surface area (Å²) in [7, 11) is 0. The fraction of sp³-hybridized carbons (Fsp3) is 0.267. The molecule has 0 aliphatic heterocycles. The molecule has 2 aromatic rings. The fourth-order valence-corrected chi connectivity index (χ4v) is 2.68. The Morgan fingerprint density at radius 1 is 1.30 bits per heavy atom. The van der Waals surface area contributed by atoms with Crippen LogP contribution in [-0.2, 0) is 4.79 Å².